The summed E-state index contributed by atoms with van der Waals surface area (Å²) in [7, 11) is 3.73. The SMILES string of the molecule is C=Nc1c(/C(=N\C)N[C@H]2CCCNC2)nc(-c2cnn(CC)c2C)n1C. The van der Waals surface area contributed by atoms with Gasteiger partial charge in [-0.1, -0.05) is 0 Å². The summed E-state index contributed by atoms with van der Waals surface area (Å²) >= 11 is 0. The highest BCUT2D eigenvalue weighted by molar-refractivity contribution is 6.01. The Bertz CT molecular complexity index is 808. The molecular weight excluding hydrogens is 328 g/mol. The lowest BCUT2D eigenvalue weighted by atomic mass is 10.1. The maximum atomic E-state index is 4.86. The summed E-state index contributed by atoms with van der Waals surface area (Å²) in [5.74, 6) is 2.29. The standard InChI is InChI=1S/C18H28N8/c1-6-26-12(2)14(11-22-26)17-24-15(18(20-4)25(17)5)16(19-3)23-13-8-7-9-21-10-13/h11,13,21H,4,6-10H2,1-3,5H3,(H,19,23)/t13-/m0/s1. The molecule has 2 aromatic heterocycles. The van der Waals surface area contributed by atoms with Crippen molar-refractivity contribution in [1.82, 2.24) is 30.0 Å². The van der Waals surface area contributed by atoms with Gasteiger partial charge in [-0.05, 0) is 40.0 Å². The summed E-state index contributed by atoms with van der Waals surface area (Å²) in [5, 5.41) is 11.4. The second-order valence-electron chi connectivity index (χ2n) is 6.54. The Kier molecular flexibility index (Phi) is 5.51. The van der Waals surface area contributed by atoms with Gasteiger partial charge in [0.2, 0.25) is 0 Å². The largest absolute Gasteiger partial charge is 0.364 e. The Morgan fingerprint density at radius 2 is 2.31 bits per heavy atom. The predicted octanol–water partition coefficient (Wildman–Crippen LogP) is 1.66. The lowest BCUT2D eigenvalue weighted by Crippen LogP contribution is -2.46. The van der Waals surface area contributed by atoms with Crippen molar-refractivity contribution in [1.29, 1.82) is 0 Å². The van der Waals surface area contributed by atoms with Gasteiger partial charge >= 0.3 is 0 Å². The lowest BCUT2D eigenvalue weighted by Gasteiger charge is -2.25. The van der Waals surface area contributed by atoms with Gasteiger partial charge in [0.1, 0.15) is 5.82 Å². The Morgan fingerprint density at radius 3 is 2.88 bits per heavy atom. The molecule has 0 saturated carbocycles. The molecule has 0 radical (unpaired) electrons. The number of nitrogens with zero attached hydrogens (tertiary/aromatic N) is 6. The average molecular weight is 356 g/mol. The quantitative estimate of drug-likeness (QED) is 0.630. The molecule has 1 saturated heterocycles. The molecule has 3 rings (SSSR count). The molecule has 2 aromatic rings. The minimum absolute atomic E-state index is 0.343. The van der Waals surface area contributed by atoms with Crippen LogP contribution in [-0.4, -0.2) is 58.1 Å². The van der Waals surface area contributed by atoms with Crippen molar-refractivity contribution in [3.8, 4) is 11.4 Å². The first-order valence-corrected chi connectivity index (χ1v) is 9.11. The maximum Gasteiger partial charge on any atom is 0.163 e. The number of aryl methyl sites for hydroxylation is 1. The molecule has 2 N–H and O–H groups in total. The van der Waals surface area contributed by atoms with Crippen LogP contribution in [0.2, 0.25) is 0 Å². The van der Waals surface area contributed by atoms with Gasteiger partial charge in [0, 0.05) is 38.9 Å². The molecule has 0 spiro atoms. The van der Waals surface area contributed by atoms with Crippen molar-refractivity contribution in [2.45, 2.75) is 39.3 Å². The first-order chi connectivity index (χ1) is 12.6. The summed E-state index contributed by atoms with van der Waals surface area (Å²) in [4.78, 5) is 13.5. The van der Waals surface area contributed by atoms with Gasteiger partial charge in [0.25, 0.3) is 0 Å². The summed E-state index contributed by atoms with van der Waals surface area (Å²) < 4.78 is 3.92. The monoisotopic (exact) mass is 356 g/mol. The van der Waals surface area contributed by atoms with Gasteiger partial charge in [-0.25, -0.2) is 9.98 Å². The molecule has 1 fully saturated rings. The Labute approximate surface area is 154 Å². The van der Waals surface area contributed by atoms with Crippen LogP contribution in [0.3, 0.4) is 0 Å². The van der Waals surface area contributed by atoms with E-state index < -0.39 is 0 Å². The van der Waals surface area contributed by atoms with E-state index in [0.717, 1.165) is 61.1 Å². The molecule has 1 aliphatic rings. The fourth-order valence-electron chi connectivity index (χ4n) is 3.46. The van der Waals surface area contributed by atoms with Crippen molar-refractivity contribution in [3.05, 3.63) is 17.6 Å². The number of imidazole rings is 1. The smallest absolute Gasteiger partial charge is 0.163 e. The van der Waals surface area contributed by atoms with Crippen LogP contribution in [0.1, 0.15) is 31.2 Å². The van der Waals surface area contributed by atoms with E-state index in [-0.39, 0.29) is 0 Å². The van der Waals surface area contributed by atoms with Crippen LogP contribution in [0.15, 0.2) is 16.2 Å². The topological polar surface area (TPSA) is 84.4 Å². The third-order valence-electron chi connectivity index (χ3n) is 4.94. The molecule has 8 nitrogen and oxygen atoms in total. The number of nitrogens with one attached hydrogen (secondary N) is 2. The van der Waals surface area contributed by atoms with E-state index in [1.54, 1.807) is 7.05 Å². The van der Waals surface area contributed by atoms with Gasteiger partial charge in [-0.15, -0.1) is 0 Å². The molecular formula is C18H28N8. The van der Waals surface area contributed by atoms with E-state index in [1.807, 2.05) is 22.5 Å². The van der Waals surface area contributed by atoms with Gasteiger partial charge < -0.3 is 15.2 Å². The molecule has 3 heterocycles. The second-order valence-corrected chi connectivity index (χ2v) is 6.54. The molecule has 0 amide bonds. The van der Waals surface area contributed by atoms with Crippen LogP contribution in [0, 0.1) is 6.92 Å². The third kappa shape index (κ3) is 3.29. The number of aromatic nitrogens is 4. The highest BCUT2D eigenvalue weighted by atomic mass is 15.3. The van der Waals surface area contributed by atoms with Crippen molar-refractivity contribution in [2.75, 3.05) is 20.1 Å². The molecule has 8 heteroatoms. The van der Waals surface area contributed by atoms with Crippen LogP contribution in [0.5, 0.6) is 0 Å². The minimum atomic E-state index is 0.343. The molecule has 0 aromatic carbocycles. The summed E-state index contributed by atoms with van der Waals surface area (Å²) in [6.45, 7) is 10.7. The van der Waals surface area contributed by atoms with E-state index >= 15 is 0 Å². The number of amidine groups is 1. The zero-order valence-corrected chi connectivity index (χ0v) is 16.1. The van der Waals surface area contributed by atoms with Gasteiger partial charge in [0.15, 0.2) is 17.3 Å². The van der Waals surface area contributed by atoms with Gasteiger partial charge in [-0.3, -0.25) is 9.67 Å². The van der Waals surface area contributed by atoms with E-state index in [4.69, 9.17) is 4.98 Å². The van der Waals surface area contributed by atoms with Crippen LogP contribution >= 0.6 is 0 Å². The van der Waals surface area contributed by atoms with Crippen molar-refractivity contribution in [3.63, 3.8) is 0 Å². The van der Waals surface area contributed by atoms with Crippen molar-refractivity contribution >= 4 is 18.4 Å². The average Bonchev–Trinajstić information content (AvgIpc) is 3.19. The molecule has 0 aliphatic carbocycles. The first-order valence-electron chi connectivity index (χ1n) is 9.11. The van der Waals surface area contributed by atoms with E-state index in [0.29, 0.717) is 11.9 Å². The first kappa shape index (κ1) is 18.3. The molecule has 1 aliphatic heterocycles. The molecule has 0 bridgehead atoms. The van der Waals surface area contributed by atoms with Crippen molar-refractivity contribution in [2.24, 2.45) is 17.0 Å². The molecule has 26 heavy (non-hydrogen) atoms. The Morgan fingerprint density at radius 1 is 1.50 bits per heavy atom. The molecule has 140 valence electrons. The molecule has 0 unspecified atom stereocenters. The lowest BCUT2D eigenvalue weighted by molar-refractivity contribution is 0.431. The van der Waals surface area contributed by atoms with Crippen molar-refractivity contribution < 1.29 is 0 Å². The second kappa shape index (κ2) is 7.82. The van der Waals surface area contributed by atoms with Gasteiger partial charge in [0.05, 0.1) is 11.8 Å². The van der Waals surface area contributed by atoms with E-state index in [1.165, 1.54) is 0 Å². The van der Waals surface area contributed by atoms with Crippen LogP contribution in [0.4, 0.5) is 5.82 Å². The van der Waals surface area contributed by atoms with E-state index in [9.17, 15) is 0 Å². The zero-order valence-electron chi connectivity index (χ0n) is 16.1. The fraction of sp³-hybridized carbons (Fsp3) is 0.556. The number of piperidine rings is 1. The summed E-state index contributed by atoms with van der Waals surface area (Å²) in [6.07, 6.45) is 4.13. The van der Waals surface area contributed by atoms with Crippen LogP contribution < -0.4 is 10.6 Å². The third-order valence-corrected chi connectivity index (χ3v) is 4.94. The predicted molar refractivity (Wildman–Crippen MR) is 106 cm³/mol. The Hall–Kier alpha value is -2.48. The Balaban J connectivity index is 1.98. The zero-order chi connectivity index (χ0) is 18.7. The number of hydrogen-bond acceptors (Lipinski definition) is 5. The number of aliphatic imine (C=N–C) groups is 2. The van der Waals surface area contributed by atoms with E-state index in [2.05, 4.69) is 46.3 Å². The highest BCUT2D eigenvalue weighted by Gasteiger charge is 2.23. The molecule has 1 atom stereocenters. The highest BCUT2D eigenvalue weighted by Crippen LogP contribution is 2.29. The summed E-state index contributed by atoms with van der Waals surface area (Å²) in [6, 6.07) is 0.343. The summed E-state index contributed by atoms with van der Waals surface area (Å²) in [5.41, 5.74) is 2.82. The minimum Gasteiger partial charge on any atom is -0.364 e. The number of rotatable bonds is 5. The maximum absolute atomic E-state index is 4.86. The normalized spacial score (nSPS) is 18.2. The van der Waals surface area contributed by atoms with Gasteiger partial charge in [-0.2, -0.15) is 5.10 Å². The fourth-order valence-corrected chi connectivity index (χ4v) is 3.46. The number of hydrogen-bond donors (Lipinski definition) is 2. The van der Waals surface area contributed by atoms with Crippen LogP contribution in [-0.2, 0) is 13.6 Å². The van der Waals surface area contributed by atoms with Crippen LogP contribution in [0.25, 0.3) is 11.4 Å².